The SMILES string of the molecule is CCOC(=O)C/C=N\NC(N)=O. The van der Waals surface area contributed by atoms with Crippen molar-refractivity contribution in [3.05, 3.63) is 0 Å². The van der Waals surface area contributed by atoms with Gasteiger partial charge in [0.1, 0.15) is 0 Å². The maximum Gasteiger partial charge on any atom is 0.332 e. The molecule has 0 aromatic rings. The summed E-state index contributed by atoms with van der Waals surface area (Å²) >= 11 is 0. The molecule has 3 N–H and O–H groups in total. The second-order valence-electron chi connectivity index (χ2n) is 1.80. The van der Waals surface area contributed by atoms with Gasteiger partial charge in [0.15, 0.2) is 0 Å². The smallest absolute Gasteiger partial charge is 0.332 e. The Balaban J connectivity index is 3.46. The number of carbonyl (C=O) groups is 2. The third-order valence-corrected chi connectivity index (χ3v) is 0.829. The van der Waals surface area contributed by atoms with E-state index in [9.17, 15) is 9.59 Å². The van der Waals surface area contributed by atoms with Gasteiger partial charge in [0, 0.05) is 6.21 Å². The van der Waals surface area contributed by atoms with Gasteiger partial charge in [0.25, 0.3) is 0 Å². The van der Waals surface area contributed by atoms with Gasteiger partial charge in [-0.05, 0) is 6.92 Å². The number of carbonyl (C=O) groups excluding carboxylic acids is 2. The highest BCUT2D eigenvalue weighted by Crippen LogP contribution is 1.81. The van der Waals surface area contributed by atoms with Crippen molar-refractivity contribution in [3.8, 4) is 0 Å². The van der Waals surface area contributed by atoms with Crippen molar-refractivity contribution in [2.24, 2.45) is 10.8 Å². The summed E-state index contributed by atoms with van der Waals surface area (Å²) in [5.41, 5.74) is 6.63. The lowest BCUT2D eigenvalue weighted by molar-refractivity contribution is -0.141. The van der Waals surface area contributed by atoms with Crippen LogP contribution in [0.25, 0.3) is 0 Å². The van der Waals surface area contributed by atoms with Crippen LogP contribution in [0.2, 0.25) is 0 Å². The van der Waals surface area contributed by atoms with Crippen molar-refractivity contribution in [3.63, 3.8) is 0 Å². The first-order valence-corrected chi connectivity index (χ1v) is 3.39. The third kappa shape index (κ3) is 6.53. The van der Waals surface area contributed by atoms with Crippen LogP contribution < -0.4 is 11.2 Å². The number of ether oxygens (including phenoxy) is 1. The van der Waals surface area contributed by atoms with Crippen molar-refractivity contribution in [2.75, 3.05) is 6.61 Å². The van der Waals surface area contributed by atoms with E-state index >= 15 is 0 Å². The molecule has 0 spiro atoms. The number of hydrazone groups is 1. The van der Waals surface area contributed by atoms with E-state index in [0.717, 1.165) is 0 Å². The van der Waals surface area contributed by atoms with Crippen molar-refractivity contribution in [1.82, 2.24) is 5.43 Å². The molecule has 0 rings (SSSR count). The first-order chi connectivity index (χ1) is 5.66. The van der Waals surface area contributed by atoms with Gasteiger partial charge in [-0.1, -0.05) is 0 Å². The number of primary amides is 1. The fraction of sp³-hybridized carbons (Fsp3) is 0.500. The molecule has 6 heteroatoms. The molecule has 0 aliphatic heterocycles. The minimum Gasteiger partial charge on any atom is -0.466 e. The number of nitrogens with two attached hydrogens (primary N) is 1. The lowest BCUT2D eigenvalue weighted by atomic mass is 10.5. The normalized spacial score (nSPS) is 9.75. The Kier molecular flexibility index (Phi) is 5.33. The van der Waals surface area contributed by atoms with Crippen molar-refractivity contribution in [2.45, 2.75) is 13.3 Å². The first-order valence-electron chi connectivity index (χ1n) is 3.39. The number of rotatable bonds is 4. The predicted octanol–water partition coefficient (Wildman–Crippen LogP) is -0.406. The van der Waals surface area contributed by atoms with Crippen LogP contribution in [0, 0.1) is 0 Å². The number of nitrogens with zero attached hydrogens (tertiary/aromatic N) is 1. The van der Waals surface area contributed by atoms with Crippen LogP contribution in [-0.2, 0) is 9.53 Å². The second-order valence-corrected chi connectivity index (χ2v) is 1.80. The molecule has 0 aliphatic carbocycles. The summed E-state index contributed by atoms with van der Waals surface area (Å²) in [5.74, 6) is -0.396. The summed E-state index contributed by atoms with van der Waals surface area (Å²) in [4.78, 5) is 20.7. The van der Waals surface area contributed by atoms with Gasteiger partial charge in [0.2, 0.25) is 0 Å². The third-order valence-electron chi connectivity index (χ3n) is 0.829. The fourth-order valence-corrected chi connectivity index (χ4v) is 0.449. The van der Waals surface area contributed by atoms with E-state index in [1.807, 2.05) is 5.43 Å². The molecule has 68 valence electrons. The average molecular weight is 173 g/mol. The molecule has 0 saturated carbocycles. The number of hydrogen-bond acceptors (Lipinski definition) is 4. The molecular weight excluding hydrogens is 162 g/mol. The van der Waals surface area contributed by atoms with E-state index in [-0.39, 0.29) is 6.42 Å². The Morgan fingerprint density at radius 3 is 2.83 bits per heavy atom. The summed E-state index contributed by atoms with van der Waals surface area (Å²) in [6, 6.07) is -0.768. The van der Waals surface area contributed by atoms with Crippen LogP contribution >= 0.6 is 0 Å². The predicted molar refractivity (Wildman–Crippen MR) is 42.5 cm³/mol. The number of amides is 2. The molecule has 0 aromatic heterocycles. The molecule has 0 aromatic carbocycles. The molecule has 0 saturated heterocycles. The van der Waals surface area contributed by atoms with Gasteiger partial charge < -0.3 is 10.5 Å². The minimum atomic E-state index is -0.768. The average Bonchev–Trinajstić information content (AvgIpc) is 1.98. The zero-order valence-electron chi connectivity index (χ0n) is 6.74. The second kappa shape index (κ2) is 6.14. The van der Waals surface area contributed by atoms with E-state index in [4.69, 9.17) is 0 Å². The maximum absolute atomic E-state index is 10.6. The number of nitrogens with one attached hydrogen (secondary N) is 1. The van der Waals surface area contributed by atoms with Gasteiger partial charge in [-0.2, -0.15) is 5.10 Å². The Bertz CT molecular complexity index is 190. The summed E-state index contributed by atoms with van der Waals surface area (Å²) in [6.07, 6.45) is 1.23. The molecule has 2 amide bonds. The molecule has 0 radical (unpaired) electrons. The van der Waals surface area contributed by atoms with E-state index in [1.54, 1.807) is 6.92 Å². The topological polar surface area (TPSA) is 93.8 Å². The van der Waals surface area contributed by atoms with Crippen molar-refractivity contribution < 1.29 is 14.3 Å². The van der Waals surface area contributed by atoms with Crippen LogP contribution in [0.5, 0.6) is 0 Å². The van der Waals surface area contributed by atoms with Crippen molar-refractivity contribution in [1.29, 1.82) is 0 Å². The van der Waals surface area contributed by atoms with Gasteiger partial charge in [0.05, 0.1) is 13.0 Å². The summed E-state index contributed by atoms with van der Waals surface area (Å²) in [5, 5.41) is 3.34. The Morgan fingerprint density at radius 2 is 2.33 bits per heavy atom. The molecule has 6 nitrogen and oxygen atoms in total. The highest BCUT2D eigenvalue weighted by atomic mass is 16.5. The molecule has 0 bridgehead atoms. The Labute approximate surface area is 69.8 Å². The van der Waals surface area contributed by atoms with Gasteiger partial charge in [-0.25, -0.2) is 10.2 Å². The van der Waals surface area contributed by atoms with E-state index in [1.165, 1.54) is 6.21 Å². The van der Waals surface area contributed by atoms with Crippen LogP contribution in [0.4, 0.5) is 4.79 Å². The first kappa shape index (κ1) is 10.4. The fourth-order valence-electron chi connectivity index (χ4n) is 0.449. The summed E-state index contributed by atoms with van der Waals surface area (Å²) in [6.45, 7) is 2.03. The van der Waals surface area contributed by atoms with Crippen LogP contribution in [-0.4, -0.2) is 24.8 Å². The van der Waals surface area contributed by atoms with E-state index < -0.39 is 12.0 Å². The van der Waals surface area contributed by atoms with Gasteiger partial charge >= 0.3 is 12.0 Å². The molecule has 0 unspecified atom stereocenters. The highest BCUT2D eigenvalue weighted by Gasteiger charge is 1.96. The molecule has 0 heterocycles. The van der Waals surface area contributed by atoms with Gasteiger partial charge in [-0.15, -0.1) is 0 Å². The Morgan fingerprint density at radius 1 is 1.67 bits per heavy atom. The lowest BCUT2D eigenvalue weighted by Crippen LogP contribution is -2.24. The zero-order chi connectivity index (χ0) is 9.40. The van der Waals surface area contributed by atoms with E-state index in [2.05, 4.69) is 15.6 Å². The molecule has 0 fully saturated rings. The lowest BCUT2D eigenvalue weighted by Gasteiger charge is -1.95. The van der Waals surface area contributed by atoms with Crippen LogP contribution in [0.15, 0.2) is 5.10 Å². The molecule has 12 heavy (non-hydrogen) atoms. The van der Waals surface area contributed by atoms with Gasteiger partial charge in [-0.3, -0.25) is 4.79 Å². The highest BCUT2D eigenvalue weighted by molar-refractivity contribution is 5.86. The molecule has 0 aliphatic rings. The zero-order valence-corrected chi connectivity index (χ0v) is 6.74. The number of hydrogen-bond donors (Lipinski definition) is 2. The van der Waals surface area contributed by atoms with Crippen LogP contribution in [0.1, 0.15) is 13.3 Å². The number of urea groups is 1. The van der Waals surface area contributed by atoms with E-state index in [0.29, 0.717) is 6.61 Å². The number of esters is 1. The molecular formula is C6H11N3O3. The minimum absolute atomic E-state index is 0.0219. The van der Waals surface area contributed by atoms with Crippen molar-refractivity contribution >= 4 is 18.2 Å². The largest absolute Gasteiger partial charge is 0.466 e. The Hall–Kier alpha value is -1.59. The maximum atomic E-state index is 10.6. The quantitative estimate of drug-likeness (QED) is 0.344. The summed E-state index contributed by atoms with van der Waals surface area (Å²) in [7, 11) is 0. The molecule has 0 atom stereocenters. The standard InChI is InChI=1S/C6H11N3O3/c1-2-12-5(10)3-4-8-9-6(7)11/h4H,2-3H2,1H3,(H3,7,9,11)/b8-4-. The monoisotopic (exact) mass is 173 g/mol. The van der Waals surface area contributed by atoms with Crippen LogP contribution in [0.3, 0.4) is 0 Å². The summed E-state index contributed by atoms with van der Waals surface area (Å²) < 4.78 is 4.57.